The van der Waals surface area contributed by atoms with Gasteiger partial charge in [0.1, 0.15) is 0 Å². The van der Waals surface area contributed by atoms with Crippen molar-refractivity contribution in [3.05, 3.63) is 58.5 Å². The molecular formula is C20H23ClN4. The van der Waals surface area contributed by atoms with Crippen molar-refractivity contribution in [2.75, 3.05) is 13.1 Å². The van der Waals surface area contributed by atoms with Gasteiger partial charge in [0.2, 0.25) is 0 Å². The predicted molar refractivity (Wildman–Crippen MR) is 102 cm³/mol. The Morgan fingerprint density at radius 1 is 1.12 bits per heavy atom. The van der Waals surface area contributed by atoms with E-state index in [1.54, 1.807) is 0 Å². The number of aromatic nitrogens is 3. The monoisotopic (exact) mass is 354 g/mol. The summed E-state index contributed by atoms with van der Waals surface area (Å²) in [7, 11) is 0. The highest BCUT2D eigenvalue weighted by Crippen LogP contribution is 2.26. The molecule has 1 aliphatic rings. The van der Waals surface area contributed by atoms with Crippen LogP contribution in [0.5, 0.6) is 0 Å². The van der Waals surface area contributed by atoms with Crippen LogP contribution in [0.25, 0.3) is 10.9 Å². The second-order valence-corrected chi connectivity index (χ2v) is 7.40. The van der Waals surface area contributed by atoms with Gasteiger partial charge in [-0.3, -0.25) is 9.58 Å². The van der Waals surface area contributed by atoms with Crippen molar-refractivity contribution in [2.24, 2.45) is 0 Å². The summed E-state index contributed by atoms with van der Waals surface area (Å²) in [6.07, 6.45) is 2.27. The van der Waals surface area contributed by atoms with Crippen molar-refractivity contribution < 1.29 is 0 Å². The highest BCUT2D eigenvalue weighted by atomic mass is 35.5. The average Bonchev–Trinajstić information content (AvgIpc) is 2.95. The van der Waals surface area contributed by atoms with Gasteiger partial charge in [0.25, 0.3) is 0 Å². The summed E-state index contributed by atoms with van der Waals surface area (Å²) in [5.41, 5.74) is 4.36. The Balaban J connectivity index is 1.43. The van der Waals surface area contributed by atoms with Crippen LogP contribution in [0.1, 0.15) is 36.0 Å². The number of para-hydroxylation sites is 1. The third-order valence-electron chi connectivity index (χ3n) is 5.06. The second kappa shape index (κ2) is 6.77. The van der Waals surface area contributed by atoms with Crippen LogP contribution < -0.4 is 0 Å². The molecule has 130 valence electrons. The first kappa shape index (κ1) is 16.6. The lowest BCUT2D eigenvalue weighted by Crippen LogP contribution is -2.35. The van der Waals surface area contributed by atoms with Crippen LogP contribution in [0.15, 0.2) is 36.4 Å². The van der Waals surface area contributed by atoms with E-state index in [0.717, 1.165) is 59.8 Å². The van der Waals surface area contributed by atoms with E-state index >= 15 is 0 Å². The Morgan fingerprint density at radius 3 is 2.64 bits per heavy atom. The molecule has 1 aromatic carbocycles. The maximum atomic E-state index is 6.29. The lowest BCUT2D eigenvalue weighted by Gasteiger charge is -2.32. The SMILES string of the molecule is Cc1cc(C)n(C2CCN(Cc3ccc4cccc(Cl)c4n3)CC2)n1. The van der Waals surface area contributed by atoms with E-state index in [1.807, 2.05) is 12.1 Å². The highest BCUT2D eigenvalue weighted by Gasteiger charge is 2.22. The molecule has 1 fully saturated rings. The Bertz CT molecular complexity index is 894. The number of likely N-dealkylation sites (tertiary alicyclic amines) is 1. The van der Waals surface area contributed by atoms with E-state index in [1.165, 1.54) is 5.69 Å². The zero-order valence-electron chi connectivity index (χ0n) is 14.7. The lowest BCUT2D eigenvalue weighted by molar-refractivity contribution is 0.170. The van der Waals surface area contributed by atoms with Crippen LogP contribution in [-0.2, 0) is 6.54 Å². The molecule has 3 heterocycles. The number of hydrogen-bond acceptors (Lipinski definition) is 3. The number of pyridine rings is 1. The zero-order chi connectivity index (χ0) is 17.4. The van der Waals surface area contributed by atoms with Crippen molar-refractivity contribution >= 4 is 22.5 Å². The minimum absolute atomic E-state index is 0.518. The standard InChI is InChI=1S/C20H23ClN4/c1-14-12-15(2)25(23-14)18-8-10-24(11-9-18)13-17-7-6-16-4-3-5-19(21)20(16)22-17/h3-7,12,18H,8-11,13H2,1-2H3. The van der Waals surface area contributed by atoms with Gasteiger partial charge in [-0.1, -0.05) is 29.8 Å². The third kappa shape index (κ3) is 3.42. The van der Waals surface area contributed by atoms with Crippen LogP contribution >= 0.6 is 11.6 Å². The van der Waals surface area contributed by atoms with E-state index in [0.29, 0.717) is 6.04 Å². The Kier molecular flexibility index (Phi) is 4.48. The molecule has 0 radical (unpaired) electrons. The van der Waals surface area contributed by atoms with Gasteiger partial charge < -0.3 is 0 Å². The first-order valence-electron chi connectivity index (χ1n) is 8.89. The molecule has 0 N–H and O–H groups in total. The van der Waals surface area contributed by atoms with Gasteiger partial charge in [0, 0.05) is 30.7 Å². The first-order valence-corrected chi connectivity index (χ1v) is 9.27. The van der Waals surface area contributed by atoms with Gasteiger partial charge in [0.15, 0.2) is 0 Å². The van der Waals surface area contributed by atoms with Crippen LogP contribution in [0.4, 0.5) is 0 Å². The van der Waals surface area contributed by atoms with Crippen molar-refractivity contribution in [1.82, 2.24) is 19.7 Å². The van der Waals surface area contributed by atoms with Gasteiger partial charge in [-0.05, 0) is 44.9 Å². The molecule has 0 aliphatic carbocycles. The van der Waals surface area contributed by atoms with E-state index in [9.17, 15) is 0 Å². The molecule has 0 unspecified atom stereocenters. The van der Waals surface area contributed by atoms with Gasteiger partial charge in [-0.25, -0.2) is 4.98 Å². The van der Waals surface area contributed by atoms with Crippen LogP contribution in [0.2, 0.25) is 5.02 Å². The fraction of sp³-hybridized carbons (Fsp3) is 0.400. The van der Waals surface area contributed by atoms with Crippen LogP contribution in [-0.4, -0.2) is 32.8 Å². The van der Waals surface area contributed by atoms with Crippen molar-refractivity contribution in [3.8, 4) is 0 Å². The maximum Gasteiger partial charge on any atom is 0.0891 e. The molecule has 0 atom stereocenters. The summed E-state index contributed by atoms with van der Waals surface area (Å²) in [6, 6.07) is 12.8. The quantitative estimate of drug-likeness (QED) is 0.692. The smallest absolute Gasteiger partial charge is 0.0891 e. The third-order valence-corrected chi connectivity index (χ3v) is 5.37. The van der Waals surface area contributed by atoms with Gasteiger partial charge in [-0.15, -0.1) is 0 Å². The molecule has 0 bridgehead atoms. The summed E-state index contributed by atoms with van der Waals surface area (Å²) in [5.74, 6) is 0. The summed E-state index contributed by atoms with van der Waals surface area (Å²) >= 11 is 6.29. The molecule has 25 heavy (non-hydrogen) atoms. The number of aryl methyl sites for hydroxylation is 2. The number of nitrogens with zero attached hydrogens (tertiary/aromatic N) is 4. The number of hydrogen-bond donors (Lipinski definition) is 0. The maximum absolute atomic E-state index is 6.29. The minimum atomic E-state index is 0.518. The van der Waals surface area contributed by atoms with Gasteiger partial charge >= 0.3 is 0 Å². The molecule has 1 saturated heterocycles. The van der Waals surface area contributed by atoms with Gasteiger partial charge in [-0.2, -0.15) is 5.10 Å². The number of benzene rings is 1. The number of halogens is 1. The van der Waals surface area contributed by atoms with Gasteiger partial charge in [0.05, 0.1) is 28.0 Å². The topological polar surface area (TPSA) is 34.0 Å². The Labute approximate surface area is 153 Å². The van der Waals surface area contributed by atoms with E-state index in [2.05, 4.69) is 52.8 Å². The molecule has 2 aromatic heterocycles. The average molecular weight is 355 g/mol. The second-order valence-electron chi connectivity index (χ2n) is 6.99. The van der Waals surface area contributed by atoms with Crippen molar-refractivity contribution in [3.63, 3.8) is 0 Å². The number of fused-ring (bicyclic) bond motifs is 1. The predicted octanol–water partition coefficient (Wildman–Crippen LogP) is 4.54. The molecule has 0 spiro atoms. The Morgan fingerprint density at radius 2 is 1.92 bits per heavy atom. The molecule has 0 amide bonds. The summed E-state index contributed by atoms with van der Waals surface area (Å²) in [5, 5.41) is 6.48. The first-order chi connectivity index (χ1) is 12.1. The molecule has 4 nitrogen and oxygen atoms in total. The normalized spacial score (nSPS) is 16.6. The highest BCUT2D eigenvalue weighted by molar-refractivity contribution is 6.35. The van der Waals surface area contributed by atoms with Crippen molar-refractivity contribution in [1.29, 1.82) is 0 Å². The minimum Gasteiger partial charge on any atom is -0.297 e. The molecule has 4 rings (SSSR count). The number of rotatable bonds is 3. The van der Waals surface area contributed by atoms with E-state index in [4.69, 9.17) is 16.6 Å². The van der Waals surface area contributed by atoms with E-state index in [-0.39, 0.29) is 0 Å². The summed E-state index contributed by atoms with van der Waals surface area (Å²) in [6.45, 7) is 7.24. The summed E-state index contributed by atoms with van der Waals surface area (Å²) < 4.78 is 2.21. The fourth-order valence-corrected chi connectivity index (χ4v) is 4.03. The molecular weight excluding hydrogens is 332 g/mol. The van der Waals surface area contributed by atoms with E-state index < -0.39 is 0 Å². The molecule has 3 aromatic rings. The largest absolute Gasteiger partial charge is 0.297 e. The molecule has 1 aliphatic heterocycles. The van der Waals surface area contributed by atoms with Crippen LogP contribution in [0.3, 0.4) is 0 Å². The zero-order valence-corrected chi connectivity index (χ0v) is 15.5. The number of piperidine rings is 1. The van der Waals surface area contributed by atoms with Crippen LogP contribution in [0, 0.1) is 13.8 Å². The summed E-state index contributed by atoms with van der Waals surface area (Å²) in [4.78, 5) is 7.25. The van der Waals surface area contributed by atoms with Crippen molar-refractivity contribution in [2.45, 2.75) is 39.3 Å². The molecule has 5 heteroatoms. The Hall–Kier alpha value is -1.91. The lowest BCUT2D eigenvalue weighted by atomic mass is 10.0. The fourth-order valence-electron chi connectivity index (χ4n) is 3.81. The molecule has 0 saturated carbocycles.